The molecule has 0 saturated heterocycles. The predicted octanol–water partition coefficient (Wildman–Crippen LogP) is 2.76. The van der Waals surface area contributed by atoms with Gasteiger partial charge in [-0.2, -0.15) is 0 Å². The molecule has 1 aromatic carbocycles. The van der Waals surface area contributed by atoms with Gasteiger partial charge in [-0.25, -0.2) is 12.8 Å². The van der Waals surface area contributed by atoms with Crippen LogP contribution in [0, 0.1) is 12.7 Å². The van der Waals surface area contributed by atoms with Gasteiger partial charge in [-0.15, -0.1) is 0 Å². The molecule has 0 bridgehead atoms. The van der Waals surface area contributed by atoms with E-state index in [1.54, 1.807) is 13.0 Å². The molecule has 0 radical (unpaired) electrons. The Bertz CT molecular complexity index is 442. The van der Waals surface area contributed by atoms with E-state index in [1.807, 2.05) is 0 Å². The van der Waals surface area contributed by atoms with Crippen LogP contribution in [0.15, 0.2) is 18.2 Å². The molecule has 0 aliphatic heterocycles. The van der Waals surface area contributed by atoms with Gasteiger partial charge in [-0.3, -0.25) is 0 Å². The quantitative estimate of drug-likeness (QED) is 0.740. The Labute approximate surface area is 87.1 Å². The fraction of sp³-hybridized carbons (Fsp3) is 0.333. The third kappa shape index (κ3) is 2.45. The fourth-order valence-electron chi connectivity index (χ4n) is 1.02. The van der Waals surface area contributed by atoms with E-state index in [1.165, 1.54) is 19.1 Å². The molecule has 0 amide bonds. The molecule has 1 unspecified atom stereocenters. The SMILES string of the molecule is Cc1ccc(C(C)S(=O)(=O)Cl)cc1F. The molecule has 0 N–H and O–H groups in total. The molecule has 2 nitrogen and oxygen atoms in total. The maximum atomic E-state index is 13.1. The minimum absolute atomic E-state index is 0.364. The third-order valence-electron chi connectivity index (χ3n) is 2.09. The zero-order chi connectivity index (χ0) is 10.9. The van der Waals surface area contributed by atoms with Gasteiger partial charge in [-0.1, -0.05) is 12.1 Å². The molecule has 0 saturated carbocycles. The molecule has 1 aromatic rings. The molecular formula is C9H10ClFO2S. The second-order valence-corrected chi connectivity index (χ2v) is 6.08. The number of halogens is 2. The van der Waals surface area contributed by atoms with E-state index in [0.717, 1.165) is 0 Å². The van der Waals surface area contributed by atoms with Crippen molar-refractivity contribution in [2.24, 2.45) is 0 Å². The molecule has 0 aliphatic carbocycles. The summed E-state index contributed by atoms with van der Waals surface area (Å²) < 4.78 is 35.0. The van der Waals surface area contributed by atoms with Gasteiger partial charge in [0.2, 0.25) is 9.05 Å². The molecule has 0 heterocycles. The second kappa shape index (κ2) is 3.87. The van der Waals surface area contributed by atoms with E-state index in [4.69, 9.17) is 10.7 Å². The summed E-state index contributed by atoms with van der Waals surface area (Å²) in [6, 6.07) is 4.28. The first-order valence-electron chi connectivity index (χ1n) is 4.02. The summed E-state index contributed by atoms with van der Waals surface area (Å²) in [5, 5.41) is -0.890. The van der Waals surface area contributed by atoms with Crippen LogP contribution in [0.1, 0.15) is 23.3 Å². The number of aryl methyl sites for hydroxylation is 1. The number of hydrogen-bond donors (Lipinski definition) is 0. The summed E-state index contributed by atoms with van der Waals surface area (Å²) in [5.74, 6) is -0.422. The van der Waals surface area contributed by atoms with E-state index >= 15 is 0 Å². The van der Waals surface area contributed by atoms with Gasteiger partial charge in [0.15, 0.2) is 0 Å². The molecule has 78 valence electrons. The highest BCUT2D eigenvalue weighted by molar-refractivity contribution is 8.13. The highest BCUT2D eigenvalue weighted by atomic mass is 35.7. The second-order valence-electron chi connectivity index (χ2n) is 3.13. The lowest BCUT2D eigenvalue weighted by atomic mass is 10.1. The molecule has 1 atom stereocenters. The molecule has 1 rings (SSSR count). The van der Waals surface area contributed by atoms with Gasteiger partial charge >= 0.3 is 0 Å². The molecule has 0 aromatic heterocycles. The van der Waals surface area contributed by atoms with Crippen LogP contribution < -0.4 is 0 Å². The average Bonchev–Trinajstić information content (AvgIpc) is 2.07. The predicted molar refractivity (Wildman–Crippen MR) is 54.3 cm³/mol. The van der Waals surface area contributed by atoms with E-state index in [-0.39, 0.29) is 0 Å². The topological polar surface area (TPSA) is 34.1 Å². The van der Waals surface area contributed by atoms with Crippen molar-refractivity contribution in [3.63, 3.8) is 0 Å². The summed E-state index contributed by atoms with van der Waals surface area (Å²) in [6.45, 7) is 3.03. The van der Waals surface area contributed by atoms with Gasteiger partial charge in [-0.05, 0) is 31.0 Å². The molecule has 5 heteroatoms. The number of hydrogen-bond acceptors (Lipinski definition) is 2. The lowest BCUT2D eigenvalue weighted by Gasteiger charge is -2.08. The zero-order valence-corrected chi connectivity index (χ0v) is 9.36. The van der Waals surface area contributed by atoms with Gasteiger partial charge in [0, 0.05) is 10.7 Å². The summed E-state index contributed by atoms with van der Waals surface area (Å²) in [6.07, 6.45) is 0. The zero-order valence-electron chi connectivity index (χ0n) is 7.79. The van der Waals surface area contributed by atoms with Crippen molar-refractivity contribution < 1.29 is 12.8 Å². The van der Waals surface area contributed by atoms with Gasteiger partial charge in [0.25, 0.3) is 0 Å². The highest BCUT2D eigenvalue weighted by Gasteiger charge is 2.20. The van der Waals surface area contributed by atoms with E-state index in [2.05, 4.69) is 0 Å². The summed E-state index contributed by atoms with van der Waals surface area (Å²) in [4.78, 5) is 0. The monoisotopic (exact) mass is 236 g/mol. The van der Waals surface area contributed by atoms with Crippen LogP contribution in [0.25, 0.3) is 0 Å². The smallest absolute Gasteiger partial charge is 0.212 e. The standard InChI is InChI=1S/C9H10ClFO2S/c1-6-3-4-8(5-9(6)11)7(2)14(10,12)13/h3-5,7H,1-2H3. The van der Waals surface area contributed by atoms with Crippen LogP contribution in [0.5, 0.6) is 0 Å². The van der Waals surface area contributed by atoms with Crippen molar-refractivity contribution in [3.8, 4) is 0 Å². The Morgan fingerprint density at radius 2 is 2.00 bits per heavy atom. The van der Waals surface area contributed by atoms with Crippen LogP contribution >= 0.6 is 10.7 Å². The lowest BCUT2D eigenvalue weighted by Crippen LogP contribution is -2.03. The maximum Gasteiger partial charge on any atom is 0.239 e. The Balaban J connectivity index is 3.16. The largest absolute Gasteiger partial charge is 0.239 e. The third-order valence-corrected chi connectivity index (χ3v) is 4.01. The first-order valence-corrected chi connectivity index (χ1v) is 6.39. The Kier molecular flexibility index (Phi) is 3.17. The average molecular weight is 237 g/mol. The van der Waals surface area contributed by atoms with Crippen molar-refractivity contribution in [2.75, 3.05) is 0 Å². The van der Waals surface area contributed by atoms with Gasteiger partial charge in [0.05, 0.1) is 5.25 Å². The normalized spacial score (nSPS) is 14.0. The molecular weight excluding hydrogens is 227 g/mol. The lowest BCUT2D eigenvalue weighted by molar-refractivity contribution is 0.598. The minimum atomic E-state index is -3.68. The van der Waals surface area contributed by atoms with Crippen molar-refractivity contribution in [1.82, 2.24) is 0 Å². The van der Waals surface area contributed by atoms with E-state index < -0.39 is 20.1 Å². The summed E-state index contributed by atoms with van der Waals surface area (Å²) in [5.41, 5.74) is 0.844. The molecule has 0 spiro atoms. The number of benzene rings is 1. The van der Waals surface area contributed by atoms with Crippen LogP contribution in [-0.4, -0.2) is 8.42 Å². The van der Waals surface area contributed by atoms with Gasteiger partial charge in [0.1, 0.15) is 5.82 Å². The van der Waals surface area contributed by atoms with Crippen LogP contribution in [0.4, 0.5) is 4.39 Å². The number of rotatable bonds is 2. The summed E-state index contributed by atoms with van der Waals surface area (Å²) >= 11 is 0. The first-order chi connectivity index (χ1) is 6.32. The van der Waals surface area contributed by atoms with E-state index in [0.29, 0.717) is 11.1 Å². The van der Waals surface area contributed by atoms with Crippen molar-refractivity contribution in [1.29, 1.82) is 0 Å². The van der Waals surface area contributed by atoms with Crippen LogP contribution in [0.3, 0.4) is 0 Å². The van der Waals surface area contributed by atoms with Crippen LogP contribution in [-0.2, 0) is 9.05 Å². The highest BCUT2D eigenvalue weighted by Crippen LogP contribution is 2.26. The van der Waals surface area contributed by atoms with Crippen molar-refractivity contribution >= 4 is 19.7 Å². The molecule has 14 heavy (non-hydrogen) atoms. The Hall–Kier alpha value is -0.610. The van der Waals surface area contributed by atoms with Crippen LogP contribution in [0.2, 0.25) is 0 Å². The molecule has 0 aliphatic rings. The maximum absolute atomic E-state index is 13.1. The Morgan fingerprint density at radius 1 is 1.43 bits per heavy atom. The van der Waals surface area contributed by atoms with Crippen molar-refractivity contribution in [3.05, 3.63) is 35.1 Å². The van der Waals surface area contributed by atoms with Gasteiger partial charge < -0.3 is 0 Å². The Morgan fingerprint density at radius 3 is 2.43 bits per heavy atom. The molecule has 0 fully saturated rings. The van der Waals surface area contributed by atoms with Crippen molar-refractivity contribution in [2.45, 2.75) is 19.1 Å². The minimum Gasteiger partial charge on any atom is -0.212 e. The first kappa shape index (κ1) is 11.5. The van der Waals surface area contributed by atoms with E-state index in [9.17, 15) is 12.8 Å². The summed E-state index contributed by atoms with van der Waals surface area (Å²) in [7, 11) is 1.48. The fourth-order valence-corrected chi connectivity index (χ4v) is 1.80.